The molecule has 0 saturated carbocycles. The minimum atomic E-state index is 0.742. The van der Waals surface area contributed by atoms with Gasteiger partial charge in [-0.3, -0.25) is 4.99 Å². The SMILES string of the molecule is CCCC1=CN=CCN1N. The summed E-state index contributed by atoms with van der Waals surface area (Å²) < 4.78 is 0. The highest BCUT2D eigenvalue weighted by molar-refractivity contribution is 5.62. The van der Waals surface area contributed by atoms with Gasteiger partial charge in [0.05, 0.1) is 6.54 Å². The van der Waals surface area contributed by atoms with Crippen LogP contribution in [0.3, 0.4) is 0 Å². The molecule has 3 heteroatoms. The summed E-state index contributed by atoms with van der Waals surface area (Å²) >= 11 is 0. The van der Waals surface area contributed by atoms with Crippen LogP contribution in [0.4, 0.5) is 0 Å². The van der Waals surface area contributed by atoms with E-state index in [1.165, 1.54) is 0 Å². The normalized spacial score (nSPS) is 17.4. The predicted molar refractivity (Wildman–Crippen MR) is 42.4 cm³/mol. The molecule has 1 aliphatic heterocycles. The fraction of sp³-hybridized carbons (Fsp3) is 0.571. The molecule has 0 spiro atoms. The van der Waals surface area contributed by atoms with E-state index in [1.807, 2.05) is 6.20 Å². The first-order valence-electron chi connectivity index (χ1n) is 3.57. The number of hydrogen-bond donors (Lipinski definition) is 1. The number of nitrogens with zero attached hydrogens (tertiary/aromatic N) is 2. The maximum absolute atomic E-state index is 5.64. The third-order valence-corrected chi connectivity index (χ3v) is 1.48. The molecule has 0 radical (unpaired) electrons. The van der Waals surface area contributed by atoms with Crippen LogP contribution in [0.25, 0.3) is 0 Å². The van der Waals surface area contributed by atoms with E-state index in [0.717, 1.165) is 25.1 Å². The molecule has 0 bridgehead atoms. The van der Waals surface area contributed by atoms with Gasteiger partial charge in [0.25, 0.3) is 0 Å². The van der Waals surface area contributed by atoms with Crippen molar-refractivity contribution in [3.8, 4) is 0 Å². The Balaban J connectivity index is 2.52. The van der Waals surface area contributed by atoms with Crippen LogP contribution >= 0.6 is 0 Å². The number of aliphatic imine (C=N–C) groups is 1. The fourth-order valence-corrected chi connectivity index (χ4v) is 0.930. The largest absolute Gasteiger partial charge is 0.308 e. The van der Waals surface area contributed by atoms with Crippen molar-refractivity contribution in [1.29, 1.82) is 0 Å². The Labute approximate surface area is 61.2 Å². The van der Waals surface area contributed by atoms with Crippen molar-refractivity contribution in [2.45, 2.75) is 19.8 Å². The smallest absolute Gasteiger partial charge is 0.0692 e. The molecule has 0 amide bonds. The summed E-state index contributed by atoms with van der Waals surface area (Å²) in [5.41, 5.74) is 1.13. The number of rotatable bonds is 2. The average Bonchev–Trinajstić information content (AvgIpc) is 1.94. The molecule has 0 aromatic rings. The van der Waals surface area contributed by atoms with E-state index in [9.17, 15) is 0 Å². The van der Waals surface area contributed by atoms with Crippen LogP contribution < -0.4 is 5.84 Å². The molecule has 0 aliphatic carbocycles. The van der Waals surface area contributed by atoms with E-state index in [0.29, 0.717) is 0 Å². The molecule has 1 heterocycles. The van der Waals surface area contributed by atoms with Crippen molar-refractivity contribution in [2.75, 3.05) is 6.54 Å². The van der Waals surface area contributed by atoms with E-state index in [1.54, 1.807) is 11.2 Å². The average molecular weight is 139 g/mol. The van der Waals surface area contributed by atoms with E-state index < -0.39 is 0 Å². The van der Waals surface area contributed by atoms with Crippen molar-refractivity contribution in [3.05, 3.63) is 11.9 Å². The zero-order valence-electron chi connectivity index (χ0n) is 6.25. The fourth-order valence-electron chi connectivity index (χ4n) is 0.930. The molecule has 0 aromatic heterocycles. The third-order valence-electron chi connectivity index (χ3n) is 1.48. The first-order chi connectivity index (χ1) is 4.84. The monoisotopic (exact) mass is 139 g/mol. The van der Waals surface area contributed by atoms with E-state index >= 15 is 0 Å². The second-order valence-corrected chi connectivity index (χ2v) is 2.35. The maximum atomic E-state index is 5.64. The van der Waals surface area contributed by atoms with Crippen molar-refractivity contribution >= 4 is 6.21 Å². The molecule has 0 saturated heterocycles. The lowest BCUT2D eigenvalue weighted by Crippen LogP contribution is -2.33. The van der Waals surface area contributed by atoms with Crippen LogP contribution in [0.15, 0.2) is 16.9 Å². The van der Waals surface area contributed by atoms with Gasteiger partial charge in [-0.15, -0.1) is 0 Å². The molecule has 3 nitrogen and oxygen atoms in total. The molecule has 0 aromatic carbocycles. The minimum Gasteiger partial charge on any atom is -0.308 e. The Morgan fingerprint density at radius 3 is 3.20 bits per heavy atom. The van der Waals surface area contributed by atoms with Gasteiger partial charge in [0.1, 0.15) is 0 Å². The van der Waals surface area contributed by atoms with Gasteiger partial charge in [0, 0.05) is 18.1 Å². The van der Waals surface area contributed by atoms with Gasteiger partial charge in [0.2, 0.25) is 0 Å². The molecule has 0 unspecified atom stereocenters. The zero-order valence-corrected chi connectivity index (χ0v) is 6.25. The second kappa shape index (κ2) is 3.37. The Morgan fingerprint density at radius 1 is 1.80 bits per heavy atom. The summed E-state index contributed by atoms with van der Waals surface area (Å²) in [7, 11) is 0. The Hall–Kier alpha value is -0.830. The van der Waals surface area contributed by atoms with Gasteiger partial charge in [0.15, 0.2) is 0 Å². The molecular formula is C7H13N3. The molecule has 2 N–H and O–H groups in total. The lowest BCUT2D eigenvalue weighted by atomic mass is 10.2. The number of nitrogens with two attached hydrogens (primary N) is 1. The highest BCUT2D eigenvalue weighted by Crippen LogP contribution is 2.09. The van der Waals surface area contributed by atoms with Gasteiger partial charge < -0.3 is 5.01 Å². The summed E-state index contributed by atoms with van der Waals surface area (Å²) in [6.07, 6.45) is 5.77. The number of hydrogen-bond acceptors (Lipinski definition) is 3. The van der Waals surface area contributed by atoms with Gasteiger partial charge in [-0.25, -0.2) is 5.84 Å². The number of hydrazine groups is 1. The Bertz CT molecular complexity index is 160. The summed E-state index contributed by atoms with van der Waals surface area (Å²) in [5, 5.41) is 1.73. The zero-order chi connectivity index (χ0) is 7.40. The quantitative estimate of drug-likeness (QED) is 0.577. The van der Waals surface area contributed by atoms with Gasteiger partial charge in [-0.1, -0.05) is 13.3 Å². The second-order valence-electron chi connectivity index (χ2n) is 2.35. The van der Waals surface area contributed by atoms with Crippen molar-refractivity contribution in [1.82, 2.24) is 5.01 Å². The molecular weight excluding hydrogens is 126 g/mol. The highest BCUT2D eigenvalue weighted by atomic mass is 15.4. The summed E-state index contributed by atoms with van der Waals surface area (Å²) in [6.45, 7) is 2.87. The minimum absolute atomic E-state index is 0.742. The Kier molecular flexibility index (Phi) is 2.45. The van der Waals surface area contributed by atoms with Crippen molar-refractivity contribution in [3.63, 3.8) is 0 Å². The van der Waals surface area contributed by atoms with Crippen LogP contribution in [0, 0.1) is 0 Å². The van der Waals surface area contributed by atoms with Crippen LogP contribution in [-0.4, -0.2) is 17.8 Å². The van der Waals surface area contributed by atoms with Gasteiger partial charge in [-0.05, 0) is 6.42 Å². The third kappa shape index (κ3) is 1.57. The lowest BCUT2D eigenvalue weighted by molar-refractivity contribution is 0.388. The standard InChI is InChI=1S/C7H13N3/c1-2-3-7-6-9-4-5-10(7)8/h4,6H,2-3,5,8H2,1H3. The van der Waals surface area contributed by atoms with Crippen LogP contribution in [-0.2, 0) is 0 Å². The summed E-state index contributed by atoms with van der Waals surface area (Å²) in [5.74, 6) is 5.64. The van der Waals surface area contributed by atoms with Crippen LogP contribution in [0.2, 0.25) is 0 Å². The van der Waals surface area contributed by atoms with E-state index in [2.05, 4.69) is 11.9 Å². The van der Waals surface area contributed by atoms with E-state index in [-0.39, 0.29) is 0 Å². The summed E-state index contributed by atoms with van der Waals surface area (Å²) in [4.78, 5) is 4.02. The predicted octanol–water partition coefficient (Wildman–Crippen LogP) is 0.888. The van der Waals surface area contributed by atoms with Gasteiger partial charge in [-0.2, -0.15) is 0 Å². The number of allylic oxidation sites excluding steroid dienone is 1. The molecule has 0 atom stereocenters. The maximum Gasteiger partial charge on any atom is 0.0692 e. The molecule has 1 rings (SSSR count). The van der Waals surface area contributed by atoms with E-state index in [4.69, 9.17) is 5.84 Å². The van der Waals surface area contributed by atoms with Crippen LogP contribution in [0.1, 0.15) is 19.8 Å². The topological polar surface area (TPSA) is 41.6 Å². The summed E-state index contributed by atoms with van der Waals surface area (Å²) in [6, 6.07) is 0. The Morgan fingerprint density at radius 2 is 2.60 bits per heavy atom. The lowest BCUT2D eigenvalue weighted by Gasteiger charge is -2.21. The first kappa shape index (κ1) is 7.28. The highest BCUT2D eigenvalue weighted by Gasteiger charge is 2.04. The van der Waals surface area contributed by atoms with Crippen molar-refractivity contribution < 1.29 is 0 Å². The first-order valence-corrected chi connectivity index (χ1v) is 3.57. The molecule has 10 heavy (non-hydrogen) atoms. The van der Waals surface area contributed by atoms with Crippen molar-refractivity contribution in [2.24, 2.45) is 10.8 Å². The van der Waals surface area contributed by atoms with Gasteiger partial charge >= 0.3 is 0 Å². The molecule has 0 fully saturated rings. The molecule has 56 valence electrons. The van der Waals surface area contributed by atoms with Crippen LogP contribution in [0.5, 0.6) is 0 Å². The molecule has 1 aliphatic rings.